The molecule has 2 heterocycles. The van der Waals surface area contributed by atoms with E-state index in [1.807, 2.05) is 0 Å². The van der Waals surface area contributed by atoms with Gasteiger partial charge < -0.3 is 9.80 Å². The monoisotopic (exact) mass is 234 g/mol. The number of nitrogens with zero attached hydrogens (tertiary/aromatic N) is 2. The minimum absolute atomic E-state index is 0.642. The summed E-state index contributed by atoms with van der Waals surface area (Å²) in [5.41, 5.74) is 2.61. The molecular formula is C15H26N2. The summed E-state index contributed by atoms with van der Waals surface area (Å²) in [6.45, 7) is 15.4. The molecular weight excluding hydrogens is 208 g/mol. The topological polar surface area (TPSA) is 6.48 Å². The zero-order valence-electron chi connectivity index (χ0n) is 11.2. The molecule has 2 rings (SSSR count). The van der Waals surface area contributed by atoms with Crippen molar-refractivity contribution < 1.29 is 0 Å². The fourth-order valence-electron chi connectivity index (χ4n) is 2.91. The lowest BCUT2D eigenvalue weighted by Crippen LogP contribution is -2.32. The summed E-state index contributed by atoms with van der Waals surface area (Å²) < 4.78 is 0. The molecule has 2 heteroatoms. The van der Waals surface area contributed by atoms with E-state index in [4.69, 9.17) is 0 Å². The van der Waals surface area contributed by atoms with Crippen molar-refractivity contribution in [3.05, 3.63) is 24.6 Å². The van der Waals surface area contributed by atoms with Gasteiger partial charge in [-0.25, -0.2) is 0 Å². The lowest BCUT2D eigenvalue weighted by molar-refractivity contribution is 0.306. The Bertz CT molecular complexity index is 289. The van der Waals surface area contributed by atoms with Crippen LogP contribution in [0.15, 0.2) is 24.6 Å². The first-order valence-electron chi connectivity index (χ1n) is 7.05. The van der Waals surface area contributed by atoms with Crippen molar-refractivity contribution in [2.24, 2.45) is 5.92 Å². The van der Waals surface area contributed by atoms with Gasteiger partial charge in [0.05, 0.1) is 6.54 Å². The van der Waals surface area contributed by atoms with E-state index in [1.54, 1.807) is 0 Å². The van der Waals surface area contributed by atoms with Crippen molar-refractivity contribution in [1.82, 2.24) is 9.80 Å². The van der Waals surface area contributed by atoms with Gasteiger partial charge in [-0.15, -0.1) is 0 Å². The van der Waals surface area contributed by atoms with Crippen LogP contribution in [0.5, 0.6) is 0 Å². The van der Waals surface area contributed by atoms with Gasteiger partial charge in [0.1, 0.15) is 0 Å². The fourth-order valence-corrected chi connectivity index (χ4v) is 2.91. The summed E-state index contributed by atoms with van der Waals surface area (Å²) in [5, 5.41) is 0. The van der Waals surface area contributed by atoms with E-state index >= 15 is 0 Å². The van der Waals surface area contributed by atoms with Crippen LogP contribution in [0.4, 0.5) is 0 Å². The molecule has 2 nitrogen and oxygen atoms in total. The average molecular weight is 234 g/mol. The van der Waals surface area contributed by atoms with Crippen molar-refractivity contribution in [2.75, 3.05) is 26.2 Å². The second kappa shape index (κ2) is 5.61. The van der Waals surface area contributed by atoms with Crippen molar-refractivity contribution in [3.63, 3.8) is 0 Å². The van der Waals surface area contributed by atoms with Gasteiger partial charge in [-0.3, -0.25) is 0 Å². The lowest BCUT2D eigenvalue weighted by Gasteiger charge is -2.31. The van der Waals surface area contributed by atoms with Gasteiger partial charge in [-0.1, -0.05) is 26.5 Å². The van der Waals surface area contributed by atoms with E-state index < -0.39 is 0 Å². The maximum Gasteiger partial charge on any atom is 0.0569 e. The third-order valence-electron chi connectivity index (χ3n) is 4.22. The van der Waals surface area contributed by atoms with Crippen LogP contribution < -0.4 is 0 Å². The van der Waals surface area contributed by atoms with Gasteiger partial charge in [0.25, 0.3) is 0 Å². The van der Waals surface area contributed by atoms with Gasteiger partial charge >= 0.3 is 0 Å². The second-order valence-electron chi connectivity index (χ2n) is 5.57. The molecule has 2 aliphatic rings. The summed E-state index contributed by atoms with van der Waals surface area (Å²) in [5.74, 6) is 0.642. The van der Waals surface area contributed by atoms with E-state index in [-0.39, 0.29) is 0 Å². The summed E-state index contributed by atoms with van der Waals surface area (Å²) in [6, 6.07) is 0. The molecule has 0 bridgehead atoms. The van der Waals surface area contributed by atoms with E-state index in [0.717, 1.165) is 13.1 Å². The van der Waals surface area contributed by atoms with E-state index in [1.165, 1.54) is 56.6 Å². The molecule has 1 atom stereocenters. The van der Waals surface area contributed by atoms with Crippen LogP contribution in [0, 0.1) is 5.92 Å². The van der Waals surface area contributed by atoms with Gasteiger partial charge in [-0.2, -0.15) is 0 Å². The van der Waals surface area contributed by atoms with E-state index in [0.29, 0.717) is 5.92 Å². The van der Waals surface area contributed by atoms with Crippen LogP contribution in [0.1, 0.15) is 39.0 Å². The van der Waals surface area contributed by atoms with Crippen LogP contribution in [0.2, 0.25) is 0 Å². The zero-order valence-corrected chi connectivity index (χ0v) is 11.2. The number of allylic oxidation sites excluding steroid dienone is 1. The molecule has 0 aromatic rings. The fraction of sp³-hybridized carbons (Fsp3) is 0.733. The van der Waals surface area contributed by atoms with E-state index in [9.17, 15) is 0 Å². The molecule has 2 saturated heterocycles. The Morgan fingerprint density at radius 1 is 1.18 bits per heavy atom. The van der Waals surface area contributed by atoms with E-state index in [2.05, 4.69) is 29.9 Å². The highest BCUT2D eigenvalue weighted by molar-refractivity contribution is 5.07. The first-order valence-corrected chi connectivity index (χ1v) is 7.05. The number of hydrogen-bond acceptors (Lipinski definition) is 2. The lowest BCUT2D eigenvalue weighted by atomic mass is 10.0. The Labute approximate surface area is 106 Å². The van der Waals surface area contributed by atoms with Gasteiger partial charge in [0.2, 0.25) is 0 Å². The maximum absolute atomic E-state index is 4.28. The molecule has 0 aliphatic carbocycles. The Balaban J connectivity index is 1.91. The predicted octanol–water partition coefficient (Wildman–Crippen LogP) is 3.23. The minimum atomic E-state index is 0.642. The highest BCUT2D eigenvalue weighted by Crippen LogP contribution is 2.26. The standard InChI is InChI=1S/C15H26N2/c1-13-8-4-5-11-17(15(13)3)12-14(2)16-9-6-7-10-16/h13H,2-12H2,1H3. The SMILES string of the molecule is C=C(CN1CCCCC(C)C1=C)N1CCCC1. The zero-order chi connectivity index (χ0) is 12.3. The van der Waals surface area contributed by atoms with Crippen molar-refractivity contribution in [1.29, 1.82) is 0 Å². The molecule has 0 amide bonds. The quantitative estimate of drug-likeness (QED) is 0.739. The van der Waals surface area contributed by atoms with Gasteiger partial charge in [0, 0.05) is 31.0 Å². The number of hydrogen-bond donors (Lipinski definition) is 0. The smallest absolute Gasteiger partial charge is 0.0569 e. The van der Waals surface area contributed by atoms with Crippen molar-refractivity contribution >= 4 is 0 Å². The van der Waals surface area contributed by atoms with Gasteiger partial charge in [-0.05, 0) is 31.6 Å². The maximum atomic E-state index is 4.28. The largest absolute Gasteiger partial charge is 0.374 e. The number of likely N-dealkylation sites (tertiary alicyclic amines) is 2. The molecule has 96 valence electrons. The first kappa shape index (κ1) is 12.5. The van der Waals surface area contributed by atoms with Gasteiger partial charge in [0.15, 0.2) is 0 Å². The number of rotatable bonds is 3. The second-order valence-corrected chi connectivity index (χ2v) is 5.57. The highest BCUT2D eigenvalue weighted by Gasteiger charge is 2.21. The third-order valence-corrected chi connectivity index (χ3v) is 4.22. The Morgan fingerprint density at radius 3 is 2.53 bits per heavy atom. The molecule has 0 radical (unpaired) electrons. The molecule has 0 aromatic heterocycles. The summed E-state index contributed by atoms with van der Waals surface area (Å²) >= 11 is 0. The Morgan fingerprint density at radius 2 is 1.82 bits per heavy atom. The highest BCUT2D eigenvalue weighted by atomic mass is 15.2. The van der Waals surface area contributed by atoms with Crippen molar-refractivity contribution in [3.8, 4) is 0 Å². The summed E-state index contributed by atoms with van der Waals surface area (Å²) in [6.07, 6.45) is 6.60. The normalized spacial score (nSPS) is 26.2. The Kier molecular flexibility index (Phi) is 4.14. The predicted molar refractivity (Wildman–Crippen MR) is 73.7 cm³/mol. The summed E-state index contributed by atoms with van der Waals surface area (Å²) in [4.78, 5) is 4.90. The molecule has 17 heavy (non-hydrogen) atoms. The summed E-state index contributed by atoms with van der Waals surface area (Å²) in [7, 11) is 0. The molecule has 0 N–H and O–H groups in total. The third kappa shape index (κ3) is 3.05. The van der Waals surface area contributed by atoms with Crippen LogP contribution >= 0.6 is 0 Å². The van der Waals surface area contributed by atoms with Crippen LogP contribution in [-0.2, 0) is 0 Å². The average Bonchev–Trinajstić information content (AvgIpc) is 2.80. The molecule has 2 fully saturated rings. The Hall–Kier alpha value is -0.920. The molecule has 0 saturated carbocycles. The molecule has 0 spiro atoms. The minimum Gasteiger partial charge on any atom is -0.374 e. The van der Waals surface area contributed by atoms with Crippen LogP contribution in [0.3, 0.4) is 0 Å². The van der Waals surface area contributed by atoms with Crippen LogP contribution in [0.25, 0.3) is 0 Å². The first-order chi connectivity index (χ1) is 8.18. The van der Waals surface area contributed by atoms with Crippen LogP contribution in [-0.4, -0.2) is 36.0 Å². The van der Waals surface area contributed by atoms with Crippen molar-refractivity contribution in [2.45, 2.75) is 39.0 Å². The molecule has 2 aliphatic heterocycles. The molecule has 0 aromatic carbocycles. The molecule has 1 unspecified atom stereocenters.